The van der Waals surface area contributed by atoms with E-state index in [2.05, 4.69) is 27.8 Å². The smallest absolute Gasteiger partial charge is 0.191 e. The Kier molecular flexibility index (Phi) is 5.85. The van der Waals surface area contributed by atoms with Crippen molar-refractivity contribution in [2.45, 2.75) is 45.1 Å². The van der Waals surface area contributed by atoms with E-state index in [0.717, 1.165) is 56.2 Å². The number of aliphatic imine (C=N–C) groups is 1. The fourth-order valence-electron chi connectivity index (χ4n) is 3.16. The van der Waals surface area contributed by atoms with E-state index in [1.165, 1.54) is 6.07 Å². The minimum absolute atomic E-state index is 0.127. The molecule has 3 rings (SSSR count). The van der Waals surface area contributed by atoms with E-state index < -0.39 is 0 Å². The van der Waals surface area contributed by atoms with Gasteiger partial charge < -0.3 is 15.2 Å². The second kappa shape index (κ2) is 8.29. The van der Waals surface area contributed by atoms with E-state index in [1.807, 2.05) is 23.6 Å². The molecule has 1 aliphatic carbocycles. The maximum atomic E-state index is 14.1. The van der Waals surface area contributed by atoms with Gasteiger partial charge in [-0.05, 0) is 31.4 Å². The highest BCUT2D eigenvalue weighted by atomic mass is 19.1. The molecule has 0 bridgehead atoms. The van der Waals surface area contributed by atoms with Crippen LogP contribution in [-0.2, 0) is 18.4 Å². The molecule has 0 saturated heterocycles. The van der Waals surface area contributed by atoms with Crippen molar-refractivity contribution < 1.29 is 4.39 Å². The fraction of sp³-hybridized carbons (Fsp3) is 0.526. The van der Waals surface area contributed by atoms with Crippen LogP contribution in [0.3, 0.4) is 0 Å². The van der Waals surface area contributed by atoms with Crippen molar-refractivity contribution in [2.24, 2.45) is 4.99 Å². The molecule has 6 nitrogen and oxygen atoms in total. The molecule has 1 fully saturated rings. The first-order valence-corrected chi connectivity index (χ1v) is 9.32. The zero-order chi connectivity index (χ0) is 18.4. The van der Waals surface area contributed by atoms with Gasteiger partial charge in [0.15, 0.2) is 5.96 Å². The van der Waals surface area contributed by atoms with E-state index in [9.17, 15) is 4.39 Å². The monoisotopic (exact) mass is 358 g/mol. The Balaban J connectivity index is 1.60. The topological polar surface area (TPSA) is 67.1 Å². The van der Waals surface area contributed by atoms with Crippen LogP contribution in [0.15, 0.2) is 35.6 Å². The highest BCUT2D eigenvalue weighted by molar-refractivity contribution is 5.79. The van der Waals surface area contributed by atoms with Crippen LogP contribution in [0, 0.1) is 5.82 Å². The number of hydrogen-bond donors (Lipinski definition) is 2. The molecule has 1 aromatic carbocycles. The fourth-order valence-corrected chi connectivity index (χ4v) is 3.16. The normalized spacial score (nSPS) is 15.7. The third kappa shape index (κ3) is 4.20. The third-order valence-corrected chi connectivity index (χ3v) is 4.84. The molecule has 1 aromatic heterocycles. The molecular weight excluding hydrogens is 331 g/mol. The second-order valence-electron chi connectivity index (χ2n) is 6.68. The van der Waals surface area contributed by atoms with Crippen molar-refractivity contribution in [3.05, 3.63) is 47.8 Å². The molecule has 140 valence electrons. The van der Waals surface area contributed by atoms with Crippen molar-refractivity contribution >= 4 is 5.96 Å². The largest absolute Gasteiger partial charge is 0.357 e. The molecule has 0 spiro atoms. The van der Waals surface area contributed by atoms with Gasteiger partial charge in [-0.25, -0.2) is 4.39 Å². The van der Waals surface area contributed by atoms with E-state index in [-0.39, 0.29) is 11.2 Å². The van der Waals surface area contributed by atoms with Crippen LogP contribution in [0.4, 0.5) is 4.39 Å². The second-order valence-corrected chi connectivity index (χ2v) is 6.68. The van der Waals surface area contributed by atoms with E-state index >= 15 is 0 Å². The highest BCUT2D eigenvalue weighted by Crippen LogP contribution is 2.49. The van der Waals surface area contributed by atoms with E-state index in [0.29, 0.717) is 6.54 Å². The first kappa shape index (κ1) is 18.4. The Bertz CT molecular complexity index is 750. The SMILES string of the molecule is CCNC(=NCC1(c2ccccc2F)CC1)NCCn1cnnc1CC. The number of aromatic nitrogens is 3. The van der Waals surface area contributed by atoms with Crippen LogP contribution in [0.2, 0.25) is 0 Å². The molecule has 1 aliphatic rings. The summed E-state index contributed by atoms with van der Waals surface area (Å²) in [5, 5.41) is 14.6. The van der Waals surface area contributed by atoms with Crippen molar-refractivity contribution in [1.82, 2.24) is 25.4 Å². The molecule has 1 heterocycles. The van der Waals surface area contributed by atoms with Gasteiger partial charge in [-0.2, -0.15) is 0 Å². The van der Waals surface area contributed by atoms with Gasteiger partial charge in [0.2, 0.25) is 0 Å². The van der Waals surface area contributed by atoms with Gasteiger partial charge >= 0.3 is 0 Å². The molecular formula is C19H27FN6. The molecule has 0 atom stereocenters. The number of nitrogens with one attached hydrogen (secondary N) is 2. The number of nitrogens with zero attached hydrogens (tertiary/aromatic N) is 4. The van der Waals surface area contributed by atoms with Gasteiger partial charge in [0, 0.05) is 31.5 Å². The predicted molar refractivity (Wildman–Crippen MR) is 101 cm³/mol. The molecule has 2 N–H and O–H groups in total. The minimum Gasteiger partial charge on any atom is -0.357 e. The van der Waals surface area contributed by atoms with Crippen LogP contribution >= 0.6 is 0 Å². The lowest BCUT2D eigenvalue weighted by Crippen LogP contribution is -2.39. The Morgan fingerprint density at radius 3 is 2.77 bits per heavy atom. The van der Waals surface area contributed by atoms with Gasteiger partial charge in [-0.3, -0.25) is 4.99 Å². The molecule has 0 unspecified atom stereocenters. The Hall–Kier alpha value is -2.44. The first-order valence-electron chi connectivity index (χ1n) is 9.32. The van der Waals surface area contributed by atoms with E-state index in [4.69, 9.17) is 4.99 Å². The predicted octanol–water partition coefficient (Wildman–Crippen LogP) is 2.27. The van der Waals surface area contributed by atoms with Gasteiger partial charge in [-0.15, -0.1) is 10.2 Å². The molecule has 2 aromatic rings. The first-order chi connectivity index (χ1) is 12.7. The average Bonchev–Trinajstić information content (AvgIpc) is 3.30. The Labute approximate surface area is 153 Å². The summed E-state index contributed by atoms with van der Waals surface area (Å²) in [5.74, 6) is 1.62. The zero-order valence-electron chi connectivity index (χ0n) is 15.5. The summed E-state index contributed by atoms with van der Waals surface area (Å²) in [6.45, 7) is 6.98. The maximum absolute atomic E-state index is 14.1. The quantitative estimate of drug-likeness (QED) is 0.561. The van der Waals surface area contributed by atoms with E-state index in [1.54, 1.807) is 12.4 Å². The lowest BCUT2D eigenvalue weighted by Gasteiger charge is -2.16. The van der Waals surface area contributed by atoms with Crippen molar-refractivity contribution in [2.75, 3.05) is 19.6 Å². The summed E-state index contributed by atoms with van der Waals surface area (Å²) in [6, 6.07) is 7.05. The zero-order valence-corrected chi connectivity index (χ0v) is 15.5. The van der Waals surface area contributed by atoms with Crippen LogP contribution in [-0.4, -0.2) is 40.4 Å². The number of rotatable bonds is 8. The summed E-state index contributed by atoms with van der Waals surface area (Å²) in [5.41, 5.74) is 0.647. The molecule has 26 heavy (non-hydrogen) atoms. The minimum atomic E-state index is -0.142. The van der Waals surface area contributed by atoms with Crippen LogP contribution in [0.1, 0.15) is 38.1 Å². The van der Waals surface area contributed by atoms with Gasteiger partial charge in [0.05, 0.1) is 6.54 Å². The summed E-state index contributed by atoms with van der Waals surface area (Å²) in [4.78, 5) is 4.71. The summed E-state index contributed by atoms with van der Waals surface area (Å²) in [6.07, 6.45) is 4.58. The van der Waals surface area contributed by atoms with Crippen molar-refractivity contribution in [1.29, 1.82) is 0 Å². The van der Waals surface area contributed by atoms with Crippen molar-refractivity contribution in [3.63, 3.8) is 0 Å². The molecule has 0 radical (unpaired) electrons. The molecule has 1 saturated carbocycles. The molecule has 0 aliphatic heterocycles. The standard InChI is InChI=1S/C19H27FN6/c1-3-17-25-24-14-26(17)12-11-22-18(21-4-2)23-13-19(9-10-19)15-7-5-6-8-16(15)20/h5-8,14H,3-4,9-13H2,1-2H3,(H2,21,22,23). The maximum Gasteiger partial charge on any atom is 0.191 e. The number of guanidine groups is 1. The lowest BCUT2D eigenvalue weighted by molar-refractivity contribution is 0.571. The molecule has 7 heteroatoms. The summed E-state index contributed by atoms with van der Waals surface area (Å²) >= 11 is 0. The van der Waals surface area contributed by atoms with Gasteiger partial charge in [0.1, 0.15) is 18.0 Å². The number of benzene rings is 1. The number of aryl methyl sites for hydroxylation is 1. The summed E-state index contributed by atoms with van der Waals surface area (Å²) in [7, 11) is 0. The third-order valence-electron chi connectivity index (χ3n) is 4.84. The van der Waals surface area contributed by atoms with Crippen LogP contribution in [0.25, 0.3) is 0 Å². The van der Waals surface area contributed by atoms with Gasteiger partial charge in [-0.1, -0.05) is 25.1 Å². The average molecular weight is 358 g/mol. The Morgan fingerprint density at radius 1 is 1.27 bits per heavy atom. The Morgan fingerprint density at radius 2 is 2.08 bits per heavy atom. The summed E-state index contributed by atoms with van der Waals surface area (Å²) < 4.78 is 16.2. The lowest BCUT2D eigenvalue weighted by atomic mass is 9.95. The van der Waals surface area contributed by atoms with Crippen LogP contribution < -0.4 is 10.6 Å². The van der Waals surface area contributed by atoms with Gasteiger partial charge in [0.25, 0.3) is 0 Å². The van der Waals surface area contributed by atoms with Crippen molar-refractivity contribution in [3.8, 4) is 0 Å². The highest BCUT2D eigenvalue weighted by Gasteiger charge is 2.45. The number of hydrogen-bond acceptors (Lipinski definition) is 3. The molecule has 0 amide bonds. The number of halogens is 1. The van der Waals surface area contributed by atoms with Crippen LogP contribution in [0.5, 0.6) is 0 Å².